The molecule has 1 fully saturated rings. The van der Waals surface area contributed by atoms with E-state index < -0.39 is 0 Å². The van der Waals surface area contributed by atoms with E-state index in [0.717, 1.165) is 43.9 Å². The van der Waals surface area contributed by atoms with Gasteiger partial charge in [0.05, 0.1) is 5.69 Å². The summed E-state index contributed by atoms with van der Waals surface area (Å²) in [6.45, 7) is 9.36. The van der Waals surface area contributed by atoms with E-state index in [1.165, 1.54) is 0 Å². The number of hydrogen-bond donors (Lipinski definition) is 1. The van der Waals surface area contributed by atoms with Gasteiger partial charge in [-0.25, -0.2) is 0 Å². The number of amides is 1. The second kappa shape index (κ2) is 10.6. The second-order valence-electron chi connectivity index (χ2n) is 8.16. The Morgan fingerprint density at radius 3 is 2.83 bits per heavy atom. The fraction of sp³-hybridized carbons (Fsp3) is 0.565. The molecular formula is C23H33N3O4. The molecule has 3 rings (SSSR count). The van der Waals surface area contributed by atoms with Crippen molar-refractivity contribution >= 4 is 5.91 Å². The van der Waals surface area contributed by atoms with Gasteiger partial charge < -0.3 is 19.3 Å². The molecule has 164 valence electrons. The normalized spacial score (nSPS) is 15.0. The molecule has 1 N–H and O–H groups in total. The van der Waals surface area contributed by atoms with Gasteiger partial charge in [-0.15, -0.1) is 0 Å². The van der Waals surface area contributed by atoms with Crippen LogP contribution in [0.4, 0.5) is 0 Å². The first kappa shape index (κ1) is 22.3. The molecule has 1 aromatic carbocycles. The van der Waals surface area contributed by atoms with Crippen molar-refractivity contribution in [3.63, 3.8) is 0 Å². The predicted octanol–water partition coefficient (Wildman–Crippen LogP) is 3.53. The summed E-state index contributed by atoms with van der Waals surface area (Å²) in [5.74, 6) is 1.37. The maximum Gasteiger partial charge on any atom is 0.257 e. The zero-order valence-electron chi connectivity index (χ0n) is 18.4. The van der Waals surface area contributed by atoms with Gasteiger partial charge in [-0.2, -0.15) is 0 Å². The standard InChI is InChI=1S/C23H33N3O4/c1-16(2)22-21(17(3)25-30-22)23(27)24-15-18-6-5-7-20(14-18)29-13-10-26(4)19-8-11-28-12-9-19/h5-7,14,16,19H,8-13,15H2,1-4H3,(H,24,27). The number of carbonyl (C=O) groups is 1. The van der Waals surface area contributed by atoms with Crippen molar-refractivity contribution in [3.05, 3.63) is 46.8 Å². The van der Waals surface area contributed by atoms with Gasteiger partial charge >= 0.3 is 0 Å². The Morgan fingerprint density at radius 2 is 2.10 bits per heavy atom. The molecule has 0 atom stereocenters. The van der Waals surface area contributed by atoms with Gasteiger partial charge in [0.1, 0.15) is 17.9 Å². The van der Waals surface area contributed by atoms with Crippen LogP contribution in [0.2, 0.25) is 0 Å². The van der Waals surface area contributed by atoms with E-state index in [-0.39, 0.29) is 11.8 Å². The molecule has 1 aliphatic heterocycles. The van der Waals surface area contributed by atoms with Crippen molar-refractivity contribution in [2.45, 2.75) is 52.1 Å². The van der Waals surface area contributed by atoms with Crippen LogP contribution in [0.3, 0.4) is 0 Å². The van der Waals surface area contributed by atoms with Gasteiger partial charge in [0.15, 0.2) is 5.76 Å². The molecule has 0 spiro atoms. The van der Waals surface area contributed by atoms with Crippen LogP contribution in [0.1, 0.15) is 60.0 Å². The number of ether oxygens (including phenoxy) is 2. The number of nitrogens with one attached hydrogen (secondary N) is 1. The van der Waals surface area contributed by atoms with Gasteiger partial charge in [-0.3, -0.25) is 9.69 Å². The SMILES string of the molecule is Cc1noc(C(C)C)c1C(=O)NCc1cccc(OCCN(C)C2CCOCC2)c1. The molecular weight excluding hydrogens is 382 g/mol. The van der Waals surface area contributed by atoms with E-state index >= 15 is 0 Å². The largest absolute Gasteiger partial charge is 0.492 e. The Morgan fingerprint density at radius 1 is 1.33 bits per heavy atom. The third kappa shape index (κ3) is 5.83. The summed E-state index contributed by atoms with van der Waals surface area (Å²) in [6.07, 6.45) is 2.16. The van der Waals surface area contributed by atoms with E-state index in [9.17, 15) is 4.79 Å². The van der Waals surface area contributed by atoms with E-state index in [2.05, 4.69) is 22.4 Å². The summed E-state index contributed by atoms with van der Waals surface area (Å²) in [4.78, 5) is 15.0. The fourth-order valence-corrected chi connectivity index (χ4v) is 3.69. The minimum Gasteiger partial charge on any atom is -0.492 e. The topological polar surface area (TPSA) is 76.8 Å². The summed E-state index contributed by atoms with van der Waals surface area (Å²) in [6, 6.07) is 8.41. The highest BCUT2D eigenvalue weighted by Crippen LogP contribution is 2.22. The van der Waals surface area contributed by atoms with Crippen LogP contribution >= 0.6 is 0 Å². The van der Waals surface area contributed by atoms with E-state index in [0.29, 0.717) is 36.2 Å². The highest BCUT2D eigenvalue weighted by atomic mass is 16.5. The van der Waals surface area contributed by atoms with Crippen molar-refractivity contribution in [3.8, 4) is 5.75 Å². The molecule has 7 nitrogen and oxygen atoms in total. The number of aryl methyl sites for hydroxylation is 1. The Bertz CT molecular complexity index is 828. The van der Waals surface area contributed by atoms with Crippen molar-refractivity contribution in [1.29, 1.82) is 0 Å². The van der Waals surface area contributed by atoms with Gasteiger partial charge in [-0.05, 0) is 44.5 Å². The number of nitrogens with zero attached hydrogens (tertiary/aromatic N) is 2. The molecule has 1 saturated heterocycles. The van der Waals surface area contributed by atoms with Crippen LogP contribution in [0, 0.1) is 6.92 Å². The summed E-state index contributed by atoms with van der Waals surface area (Å²) in [5.41, 5.74) is 2.13. The van der Waals surface area contributed by atoms with Gasteiger partial charge in [-0.1, -0.05) is 31.1 Å². The lowest BCUT2D eigenvalue weighted by atomic mass is 10.0. The monoisotopic (exact) mass is 415 g/mol. The van der Waals surface area contributed by atoms with Crippen LogP contribution in [-0.2, 0) is 11.3 Å². The molecule has 1 amide bonds. The average Bonchev–Trinajstić information content (AvgIpc) is 3.15. The maximum absolute atomic E-state index is 12.7. The number of rotatable bonds is 9. The number of carbonyl (C=O) groups excluding carboxylic acids is 1. The molecule has 30 heavy (non-hydrogen) atoms. The smallest absolute Gasteiger partial charge is 0.257 e. The molecule has 0 bridgehead atoms. The molecule has 0 aliphatic carbocycles. The minimum absolute atomic E-state index is 0.0999. The van der Waals surface area contributed by atoms with Crippen LogP contribution < -0.4 is 10.1 Å². The third-order valence-electron chi connectivity index (χ3n) is 5.52. The first-order valence-corrected chi connectivity index (χ1v) is 10.7. The fourth-order valence-electron chi connectivity index (χ4n) is 3.69. The predicted molar refractivity (Wildman–Crippen MR) is 115 cm³/mol. The molecule has 2 aromatic rings. The molecule has 0 unspecified atom stereocenters. The van der Waals surface area contributed by atoms with Gasteiger partial charge in [0.25, 0.3) is 5.91 Å². The Hall–Kier alpha value is -2.38. The number of likely N-dealkylation sites (N-methyl/N-ethyl adjacent to an activating group) is 1. The molecule has 7 heteroatoms. The van der Waals surface area contributed by atoms with Crippen molar-refractivity contribution in [2.24, 2.45) is 0 Å². The molecule has 0 radical (unpaired) electrons. The van der Waals surface area contributed by atoms with Crippen LogP contribution in [0.5, 0.6) is 5.75 Å². The summed E-state index contributed by atoms with van der Waals surface area (Å²) in [7, 11) is 2.14. The maximum atomic E-state index is 12.7. The molecule has 1 aromatic heterocycles. The van der Waals surface area contributed by atoms with Crippen molar-refractivity contribution in [1.82, 2.24) is 15.4 Å². The van der Waals surface area contributed by atoms with Crippen LogP contribution in [0.25, 0.3) is 0 Å². The third-order valence-corrected chi connectivity index (χ3v) is 5.52. The number of benzene rings is 1. The van der Waals surface area contributed by atoms with Gasteiger partial charge in [0, 0.05) is 38.3 Å². The summed E-state index contributed by atoms with van der Waals surface area (Å²) in [5, 5.41) is 6.91. The molecule has 2 heterocycles. The van der Waals surface area contributed by atoms with Crippen LogP contribution in [0.15, 0.2) is 28.8 Å². The van der Waals surface area contributed by atoms with Crippen LogP contribution in [-0.4, -0.2) is 55.4 Å². The Balaban J connectivity index is 1.49. The average molecular weight is 416 g/mol. The molecule has 1 aliphatic rings. The van der Waals surface area contributed by atoms with E-state index in [1.807, 2.05) is 38.1 Å². The first-order valence-electron chi connectivity index (χ1n) is 10.7. The van der Waals surface area contributed by atoms with E-state index in [4.69, 9.17) is 14.0 Å². The number of hydrogen-bond acceptors (Lipinski definition) is 6. The second-order valence-corrected chi connectivity index (χ2v) is 8.16. The quantitative estimate of drug-likeness (QED) is 0.675. The summed E-state index contributed by atoms with van der Waals surface area (Å²) >= 11 is 0. The lowest BCUT2D eigenvalue weighted by molar-refractivity contribution is 0.0392. The molecule has 0 saturated carbocycles. The highest BCUT2D eigenvalue weighted by Gasteiger charge is 2.22. The first-order chi connectivity index (χ1) is 14.5. The van der Waals surface area contributed by atoms with Crippen molar-refractivity contribution < 1.29 is 18.8 Å². The van der Waals surface area contributed by atoms with Crippen molar-refractivity contribution in [2.75, 3.05) is 33.4 Å². The zero-order valence-corrected chi connectivity index (χ0v) is 18.4. The lowest BCUT2D eigenvalue weighted by Crippen LogP contribution is -2.38. The van der Waals surface area contributed by atoms with Gasteiger partial charge in [0.2, 0.25) is 0 Å². The number of aromatic nitrogens is 1. The minimum atomic E-state index is -0.165. The lowest BCUT2D eigenvalue weighted by Gasteiger charge is -2.31. The summed E-state index contributed by atoms with van der Waals surface area (Å²) < 4.78 is 16.7. The Kier molecular flexibility index (Phi) is 7.87. The zero-order chi connectivity index (χ0) is 21.5. The Labute approximate surface area is 178 Å². The van der Waals surface area contributed by atoms with E-state index in [1.54, 1.807) is 6.92 Å². The highest BCUT2D eigenvalue weighted by molar-refractivity contribution is 5.96.